The zero-order valence-corrected chi connectivity index (χ0v) is 56.7. The van der Waals surface area contributed by atoms with Crippen molar-refractivity contribution in [3.8, 4) is 22.8 Å². The maximum absolute atomic E-state index is 12.0. The third-order valence-corrected chi connectivity index (χ3v) is 32.5. The molecule has 0 amide bonds. The predicted octanol–water partition coefficient (Wildman–Crippen LogP) is 14.7. The van der Waals surface area contributed by atoms with Gasteiger partial charge in [0.1, 0.15) is 24.5 Å². The Hall–Kier alpha value is -6.31. The average molecular weight is 1480 g/mol. The SMILES string of the molecule is C.CCC[CH2][Sn]([CH2]CCC)([CH2]CCC)[c]1ccc(C(=O)OC)n1C.COC(=O)c1ccc(-c2nn(C)c3ccccc23)n1C.Cn1c(CO)ccc1-c1nn(C)c2ccccc12.Cn1nc(I)c2ccccc21.F.Ic1[nH]nc2ccccc12.[HH]. The molecule has 0 bridgehead atoms. The van der Waals surface area contributed by atoms with Crippen LogP contribution in [0.25, 0.3) is 66.4 Å². The van der Waals surface area contributed by atoms with Crippen molar-refractivity contribution in [2.75, 3.05) is 14.2 Å². The number of hydrogen-bond acceptors (Lipinski definition) is 9. The monoisotopic (exact) mass is 1480 g/mol. The number of aliphatic hydroxyl groups is 1. The Balaban J connectivity index is 0.000000232. The Morgan fingerprint density at radius 3 is 1.43 bits per heavy atom. The molecular formula is C64H84FI2N11O5Sn. The summed E-state index contributed by atoms with van der Waals surface area (Å²) in [6, 6.07) is 44.3. The minimum Gasteiger partial charge on any atom is -0.464 e. The molecule has 7 aromatic heterocycles. The standard InChI is InChI=1S/C15H15N3O2.C14H15N3O.C8H7IN2.C7H5IN2.C7H8NO2.3C4H9.CH4.FH.Sn.H2/c1-17-12(8-9-13(17)15(19)20-3)14-10-6-4-5-7-11(10)18(2)16-14;1-16-10(9-18)7-8-13(16)14-11-5-3-4-6-12(11)17(2)15-14;1-11-7-5-3-2-4-6(7)8(9)10-11;8-7-5-3-1-2-4-6(5)9-10-7;1-8-5-3-4-6(8)7(9)10-2;3*1-3-4-2;;;;/h4-9H,1-3H3;3-8,18H,9H2,1-2H3;2-5H,1H3;1-4H,(H,9,10);3-4H,1-2H3;3*1,3-4H2,2H3;1H4;1H;;1H. The van der Waals surface area contributed by atoms with E-state index < -0.39 is 18.4 Å². The van der Waals surface area contributed by atoms with E-state index in [-0.39, 0.29) is 32.1 Å². The largest absolute Gasteiger partial charge is 0.464 e. The van der Waals surface area contributed by atoms with Gasteiger partial charge in [0.15, 0.2) is 0 Å². The molecule has 0 radical (unpaired) electrons. The van der Waals surface area contributed by atoms with Crippen molar-refractivity contribution >= 4 is 123 Å². The van der Waals surface area contributed by atoms with Crippen molar-refractivity contribution in [3.63, 3.8) is 0 Å². The first-order valence-corrected chi connectivity index (χ1v) is 37.5. The minimum absolute atomic E-state index is 0. The van der Waals surface area contributed by atoms with Crippen molar-refractivity contribution in [2.45, 2.75) is 86.6 Å². The van der Waals surface area contributed by atoms with E-state index in [1.54, 1.807) is 10.6 Å². The number of halogens is 3. The number of para-hydroxylation sites is 4. The van der Waals surface area contributed by atoms with Gasteiger partial charge in [0, 0.05) is 63.9 Å². The number of esters is 2. The molecule has 84 heavy (non-hydrogen) atoms. The number of aryl methyl sites for hydroxylation is 3. The number of aromatic nitrogens is 11. The fraction of sp³-hybridized carbons (Fsp3) is 0.344. The van der Waals surface area contributed by atoms with E-state index in [0.717, 1.165) is 63.2 Å². The second-order valence-electron chi connectivity index (χ2n) is 20.3. The molecule has 0 saturated carbocycles. The van der Waals surface area contributed by atoms with Gasteiger partial charge in [-0.25, -0.2) is 4.79 Å². The van der Waals surface area contributed by atoms with E-state index >= 15 is 0 Å². The predicted molar refractivity (Wildman–Crippen MR) is 362 cm³/mol. The van der Waals surface area contributed by atoms with Crippen LogP contribution < -0.4 is 3.71 Å². The van der Waals surface area contributed by atoms with Crippen LogP contribution >= 0.6 is 45.2 Å². The number of hydrogen-bond donors (Lipinski definition) is 2. The molecule has 16 nitrogen and oxygen atoms in total. The number of fused-ring (bicyclic) bond motifs is 4. The number of methoxy groups -OCH3 is 2. The molecule has 7 heterocycles. The molecule has 0 aliphatic heterocycles. The number of H-pyrrole nitrogens is 1. The number of carbonyl (C=O) groups excluding carboxylic acids is 2. The maximum Gasteiger partial charge on any atom is 0.354 e. The summed E-state index contributed by atoms with van der Waals surface area (Å²) in [6.45, 7) is 6.92. The van der Waals surface area contributed by atoms with Gasteiger partial charge < -0.3 is 19.0 Å². The first-order chi connectivity index (χ1) is 39.6. The molecular weight excluding hydrogens is 1390 g/mol. The number of aromatic amines is 1. The van der Waals surface area contributed by atoms with Crippen LogP contribution in [0.15, 0.2) is 133 Å². The smallest absolute Gasteiger partial charge is 0.354 e. The quantitative estimate of drug-likeness (QED) is 0.0576. The molecule has 2 N–H and O–H groups in total. The summed E-state index contributed by atoms with van der Waals surface area (Å²) in [6.07, 6.45) is 7.81. The second-order valence-corrected chi connectivity index (χ2v) is 35.4. The van der Waals surface area contributed by atoms with Crippen LogP contribution in [0, 0.1) is 7.40 Å². The number of benzene rings is 4. The van der Waals surface area contributed by atoms with Crippen LogP contribution in [-0.4, -0.2) is 103 Å². The van der Waals surface area contributed by atoms with Crippen LogP contribution in [0.4, 0.5) is 4.70 Å². The Labute approximate surface area is 525 Å². The van der Waals surface area contributed by atoms with Gasteiger partial charge >= 0.3 is 153 Å². The second kappa shape index (κ2) is 32.3. The summed E-state index contributed by atoms with van der Waals surface area (Å²) >= 11 is 2.02. The van der Waals surface area contributed by atoms with Crippen molar-refractivity contribution in [2.24, 2.45) is 42.3 Å². The van der Waals surface area contributed by atoms with Crippen LogP contribution in [0.3, 0.4) is 0 Å². The summed E-state index contributed by atoms with van der Waals surface area (Å²) in [7, 11) is 14.5. The van der Waals surface area contributed by atoms with E-state index in [1.807, 2.05) is 145 Å². The normalized spacial score (nSPS) is 10.9. The molecule has 0 unspecified atom stereocenters. The van der Waals surface area contributed by atoms with Gasteiger partial charge in [0.05, 0.1) is 47.2 Å². The van der Waals surface area contributed by atoms with Gasteiger partial charge in [-0.3, -0.25) is 23.8 Å². The third kappa shape index (κ3) is 15.6. The van der Waals surface area contributed by atoms with Gasteiger partial charge in [-0.15, -0.1) is 0 Å². The molecule has 0 aliphatic carbocycles. The number of rotatable bonds is 15. The maximum atomic E-state index is 12.0. The number of carbonyl (C=O) groups is 2. The van der Waals surface area contributed by atoms with Crippen molar-refractivity contribution in [3.05, 3.63) is 158 Å². The van der Waals surface area contributed by atoms with Crippen molar-refractivity contribution in [1.82, 2.24) is 53.2 Å². The van der Waals surface area contributed by atoms with Crippen LogP contribution in [0.1, 0.15) is 94.8 Å². The number of nitrogens with zero attached hydrogens (tertiary/aromatic N) is 10. The molecule has 4 aromatic carbocycles. The van der Waals surface area contributed by atoms with Gasteiger partial charge in [0.2, 0.25) is 0 Å². The molecule has 0 fully saturated rings. The zero-order valence-electron chi connectivity index (χ0n) is 49.5. The number of aliphatic hydroxyl groups excluding tert-OH is 1. The van der Waals surface area contributed by atoms with Crippen LogP contribution in [0.2, 0.25) is 13.3 Å². The molecule has 20 heteroatoms. The van der Waals surface area contributed by atoms with Crippen molar-refractivity contribution < 1.29 is 30.3 Å². The molecule has 450 valence electrons. The third-order valence-electron chi connectivity index (χ3n) is 15.1. The topological polar surface area (TPSA) is 170 Å². The minimum atomic E-state index is -2.46. The molecule has 11 aromatic rings. The molecule has 11 rings (SSSR count). The van der Waals surface area contributed by atoms with Crippen LogP contribution in [0.5, 0.6) is 0 Å². The molecule has 0 spiro atoms. The summed E-state index contributed by atoms with van der Waals surface area (Å²) in [5.41, 5.74) is 10.2. The summed E-state index contributed by atoms with van der Waals surface area (Å²) in [5.74, 6) is -0.556. The Kier molecular flexibility index (Phi) is 26.3. The summed E-state index contributed by atoms with van der Waals surface area (Å²) < 4.78 is 29.3. The molecule has 0 atom stereocenters. The number of unbranched alkanes of at least 4 members (excludes halogenated alkanes) is 3. The van der Waals surface area contributed by atoms with Crippen molar-refractivity contribution in [1.29, 1.82) is 0 Å². The Bertz CT molecular complexity index is 3840. The van der Waals surface area contributed by atoms with E-state index in [9.17, 15) is 14.7 Å². The molecule has 0 aliphatic rings. The summed E-state index contributed by atoms with van der Waals surface area (Å²) in [5, 5.41) is 34.3. The van der Waals surface area contributed by atoms with E-state index in [4.69, 9.17) is 9.47 Å². The van der Waals surface area contributed by atoms with Gasteiger partial charge in [-0.2, -0.15) is 20.4 Å². The number of nitrogens with one attached hydrogen (secondary N) is 1. The Morgan fingerprint density at radius 1 is 0.548 bits per heavy atom. The van der Waals surface area contributed by atoms with E-state index in [2.05, 4.69) is 139 Å². The Morgan fingerprint density at radius 2 is 0.964 bits per heavy atom. The fourth-order valence-corrected chi connectivity index (χ4v) is 28.7. The van der Waals surface area contributed by atoms with E-state index in [1.165, 1.54) is 86.1 Å². The first kappa shape index (κ1) is 68.5. The summed E-state index contributed by atoms with van der Waals surface area (Å²) in [4.78, 5) is 23.7. The average Bonchev–Trinajstić information content (AvgIpc) is 2.67. The zero-order chi connectivity index (χ0) is 59.1. The van der Waals surface area contributed by atoms with Crippen LogP contribution in [-0.2, 0) is 58.4 Å². The fourth-order valence-electron chi connectivity index (χ4n) is 10.6. The number of ether oxygens (including phenoxy) is 2. The first-order valence-electron chi connectivity index (χ1n) is 27.8. The molecule has 0 saturated heterocycles. The van der Waals surface area contributed by atoms with Gasteiger partial charge in [-0.05, 0) is 93.7 Å². The van der Waals surface area contributed by atoms with Gasteiger partial charge in [0.25, 0.3) is 0 Å². The van der Waals surface area contributed by atoms with E-state index in [0.29, 0.717) is 11.4 Å². The van der Waals surface area contributed by atoms with Gasteiger partial charge in [-0.1, -0.05) is 80.2 Å².